The van der Waals surface area contributed by atoms with Gasteiger partial charge < -0.3 is 10.6 Å². The van der Waals surface area contributed by atoms with E-state index in [0.717, 1.165) is 18.7 Å². The average molecular weight is 228 g/mol. The molecular weight excluding hydrogens is 212 g/mol. The number of nitrogens with one attached hydrogen (secondary N) is 2. The zero-order valence-corrected chi connectivity index (χ0v) is 10.0. The van der Waals surface area contributed by atoms with Crippen molar-refractivity contribution in [1.82, 2.24) is 14.7 Å². The Kier molecular flexibility index (Phi) is 4.48. The molecule has 15 heavy (non-hydrogen) atoms. The second-order valence-electron chi connectivity index (χ2n) is 3.25. The number of hydrogen-bond acceptors (Lipinski definition) is 5. The number of anilines is 1. The first-order valence-corrected chi connectivity index (χ1v) is 5.75. The van der Waals surface area contributed by atoms with Crippen molar-refractivity contribution in [3.63, 3.8) is 0 Å². The fraction of sp³-hybridized carbons (Fsp3) is 0.667. The highest BCUT2D eigenvalue weighted by atomic mass is 32.1. The Hall–Kier alpha value is -1.17. The van der Waals surface area contributed by atoms with Crippen molar-refractivity contribution in [2.24, 2.45) is 0 Å². The highest BCUT2D eigenvalue weighted by Crippen LogP contribution is 2.13. The van der Waals surface area contributed by atoms with E-state index >= 15 is 0 Å². The maximum absolute atomic E-state index is 11.2. The van der Waals surface area contributed by atoms with Crippen LogP contribution in [0.25, 0.3) is 0 Å². The third-order valence-corrected chi connectivity index (χ3v) is 2.61. The summed E-state index contributed by atoms with van der Waals surface area (Å²) >= 11 is 1.29. The lowest BCUT2D eigenvalue weighted by atomic mass is 10.3. The Morgan fingerprint density at radius 1 is 1.60 bits per heavy atom. The van der Waals surface area contributed by atoms with Crippen LogP contribution < -0.4 is 10.6 Å². The van der Waals surface area contributed by atoms with Crippen molar-refractivity contribution in [1.29, 1.82) is 0 Å². The van der Waals surface area contributed by atoms with Crippen LogP contribution in [0.3, 0.4) is 0 Å². The molecule has 0 aliphatic carbocycles. The van der Waals surface area contributed by atoms with Crippen LogP contribution in [0.4, 0.5) is 5.13 Å². The summed E-state index contributed by atoms with van der Waals surface area (Å²) in [6.07, 6.45) is 1.91. The molecule has 0 radical (unpaired) electrons. The van der Waals surface area contributed by atoms with E-state index in [-0.39, 0.29) is 11.9 Å². The lowest BCUT2D eigenvalue weighted by Crippen LogP contribution is -2.35. The lowest BCUT2D eigenvalue weighted by molar-refractivity contribution is -0.121. The normalized spacial score (nSPS) is 12.2. The number of likely N-dealkylation sites (N-methyl/N-ethyl adjacent to an activating group) is 1. The van der Waals surface area contributed by atoms with E-state index in [4.69, 9.17) is 0 Å². The molecule has 1 atom stereocenters. The topological polar surface area (TPSA) is 66.9 Å². The zero-order valence-electron chi connectivity index (χ0n) is 9.20. The van der Waals surface area contributed by atoms with E-state index in [0.29, 0.717) is 5.13 Å². The van der Waals surface area contributed by atoms with Gasteiger partial charge in [-0.05, 0) is 13.3 Å². The number of nitrogens with zero attached hydrogens (tertiary/aromatic N) is 2. The molecule has 6 heteroatoms. The third-order valence-electron chi connectivity index (χ3n) is 1.92. The first-order chi connectivity index (χ1) is 7.17. The maximum Gasteiger partial charge on any atom is 0.242 e. The number of amides is 1. The highest BCUT2D eigenvalue weighted by molar-refractivity contribution is 7.09. The number of carbonyl (C=O) groups excluding carboxylic acids is 1. The summed E-state index contributed by atoms with van der Waals surface area (Å²) in [5.74, 6) is 0.788. The van der Waals surface area contributed by atoms with Gasteiger partial charge in [0.2, 0.25) is 11.0 Å². The van der Waals surface area contributed by atoms with Gasteiger partial charge in [-0.15, -0.1) is 0 Å². The molecule has 0 aliphatic heterocycles. The van der Waals surface area contributed by atoms with Gasteiger partial charge in [0.25, 0.3) is 0 Å². The molecular formula is C9H16N4OS. The molecule has 0 bridgehead atoms. The summed E-state index contributed by atoms with van der Waals surface area (Å²) < 4.78 is 4.18. The molecule has 1 heterocycles. The molecule has 1 aromatic heterocycles. The van der Waals surface area contributed by atoms with Crippen LogP contribution in [0.5, 0.6) is 0 Å². The van der Waals surface area contributed by atoms with E-state index in [1.165, 1.54) is 11.5 Å². The van der Waals surface area contributed by atoms with Crippen molar-refractivity contribution in [2.75, 3.05) is 12.4 Å². The first kappa shape index (κ1) is 11.9. The Labute approximate surface area is 93.5 Å². The molecule has 0 aliphatic rings. The summed E-state index contributed by atoms with van der Waals surface area (Å²) in [5.41, 5.74) is 0. The van der Waals surface area contributed by atoms with Gasteiger partial charge in [-0.1, -0.05) is 6.92 Å². The van der Waals surface area contributed by atoms with Crippen molar-refractivity contribution in [3.8, 4) is 0 Å². The van der Waals surface area contributed by atoms with Gasteiger partial charge in [-0.25, -0.2) is 4.98 Å². The van der Waals surface area contributed by atoms with Crippen LogP contribution in [-0.4, -0.2) is 28.4 Å². The molecule has 0 saturated heterocycles. The SMILES string of the molecule is CCCc1nsc(NC(C)C(=O)NC)n1. The van der Waals surface area contributed by atoms with Crippen LogP contribution in [0.1, 0.15) is 26.1 Å². The van der Waals surface area contributed by atoms with Crippen molar-refractivity contribution >= 4 is 22.6 Å². The number of rotatable bonds is 5. The fourth-order valence-electron chi connectivity index (χ4n) is 1.11. The van der Waals surface area contributed by atoms with Crippen molar-refractivity contribution < 1.29 is 4.79 Å². The van der Waals surface area contributed by atoms with Gasteiger partial charge in [-0.3, -0.25) is 4.79 Å². The Morgan fingerprint density at radius 2 is 2.33 bits per heavy atom. The standard InChI is InChI=1S/C9H16N4OS/c1-4-5-7-12-9(15-13-7)11-6(2)8(14)10-3/h6H,4-5H2,1-3H3,(H,10,14)(H,11,12,13). The Morgan fingerprint density at radius 3 is 2.93 bits per heavy atom. The molecule has 1 unspecified atom stereocenters. The molecule has 84 valence electrons. The Bertz CT molecular complexity index is 326. The van der Waals surface area contributed by atoms with Gasteiger partial charge in [-0.2, -0.15) is 4.37 Å². The Balaban J connectivity index is 2.53. The van der Waals surface area contributed by atoms with E-state index in [1.54, 1.807) is 14.0 Å². The summed E-state index contributed by atoms with van der Waals surface area (Å²) in [4.78, 5) is 15.5. The van der Waals surface area contributed by atoms with E-state index in [2.05, 4.69) is 26.9 Å². The minimum absolute atomic E-state index is 0.0535. The monoisotopic (exact) mass is 228 g/mol. The fourth-order valence-corrected chi connectivity index (χ4v) is 1.80. The summed E-state index contributed by atoms with van der Waals surface area (Å²) in [6.45, 7) is 3.88. The first-order valence-electron chi connectivity index (χ1n) is 4.98. The summed E-state index contributed by atoms with van der Waals surface area (Å²) in [6, 6.07) is -0.280. The molecule has 0 fully saturated rings. The number of hydrogen-bond donors (Lipinski definition) is 2. The van der Waals surface area contributed by atoms with Crippen LogP contribution in [0.2, 0.25) is 0 Å². The van der Waals surface area contributed by atoms with Crippen LogP contribution >= 0.6 is 11.5 Å². The van der Waals surface area contributed by atoms with Gasteiger partial charge in [0, 0.05) is 25.0 Å². The molecule has 0 aromatic carbocycles. The van der Waals surface area contributed by atoms with Crippen LogP contribution in [0.15, 0.2) is 0 Å². The predicted octanol–water partition coefficient (Wildman–Crippen LogP) is 1.04. The maximum atomic E-state index is 11.2. The smallest absolute Gasteiger partial charge is 0.242 e. The highest BCUT2D eigenvalue weighted by Gasteiger charge is 2.12. The molecule has 0 saturated carbocycles. The third kappa shape index (κ3) is 3.47. The van der Waals surface area contributed by atoms with Gasteiger partial charge in [0.05, 0.1) is 0 Å². The zero-order chi connectivity index (χ0) is 11.3. The van der Waals surface area contributed by atoms with Gasteiger partial charge >= 0.3 is 0 Å². The molecule has 0 spiro atoms. The predicted molar refractivity (Wildman–Crippen MR) is 61.1 cm³/mol. The van der Waals surface area contributed by atoms with E-state index < -0.39 is 0 Å². The minimum atomic E-state index is -0.280. The average Bonchev–Trinajstić information content (AvgIpc) is 2.65. The second kappa shape index (κ2) is 5.65. The number of aromatic nitrogens is 2. The van der Waals surface area contributed by atoms with Crippen molar-refractivity contribution in [2.45, 2.75) is 32.7 Å². The van der Waals surface area contributed by atoms with Gasteiger partial charge in [0.15, 0.2) is 0 Å². The largest absolute Gasteiger partial charge is 0.357 e. The van der Waals surface area contributed by atoms with Crippen LogP contribution in [0, 0.1) is 0 Å². The molecule has 2 N–H and O–H groups in total. The van der Waals surface area contributed by atoms with E-state index in [1.807, 2.05) is 0 Å². The van der Waals surface area contributed by atoms with Crippen molar-refractivity contribution in [3.05, 3.63) is 5.82 Å². The van der Waals surface area contributed by atoms with Gasteiger partial charge in [0.1, 0.15) is 11.9 Å². The van der Waals surface area contributed by atoms with E-state index in [9.17, 15) is 4.79 Å². The summed E-state index contributed by atoms with van der Waals surface area (Å²) in [5, 5.41) is 6.28. The molecule has 1 rings (SSSR count). The molecule has 1 aromatic rings. The summed E-state index contributed by atoms with van der Waals surface area (Å²) in [7, 11) is 1.61. The van der Waals surface area contributed by atoms with Crippen LogP contribution in [-0.2, 0) is 11.2 Å². The lowest BCUT2D eigenvalue weighted by Gasteiger charge is -2.09. The molecule has 1 amide bonds. The molecule has 5 nitrogen and oxygen atoms in total. The quantitative estimate of drug-likeness (QED) is 0.790. The second-order valence-corrected chi connectivity index (χ2v) is 4.00. The minimum Gasteiger partial charge on any atom is -0.357 e. The number of carbonyl (C=O) groups is 1. The number of aryl methyl sites for hydroxylation is 1.